The minimum atomic E-state index is 0. The van der Waals surface area contributed by atoms with E-state index in [9.17, 15) is 0 Å². The van der Waals surface area contributed by atoms with Gasteiger partial charge in [0, 0.05) is 37.4 Å². The normalized spacial score (nSPS) is 10.9. The van der Waals surface area contributed by atoms with Crippen molar-refractivity contribution in [2.45, 2.75) is 0 Å². The molecule has 1 radical (unpaired) electrons. The maximum Gasteiger partial charge on any atom is 0.164 e. The number of nitrogens with zero attached hydrogens (tertiary/aromatic N) is 4. The molecule has 0 unspecified atom stereocenters. The topological polar surface area (TPSA) is 51.6 Å². The van der Waals surface area contributed by atoms with Crippen LogP contribution < -0.4 is 0 Å². The third-order valence-corrected chi connectivity index (χ3v) is 9.26. The van der Waals surface area contributed by atoms with Crippen molar-refractivity contribution in [1.29, 1.82) is 0 Å². The third-order valence-electron chi connectivity index (χ3n) is 9.26. The van der Waals surface area contributed by atoms with Gasteiger partial charge in [0.2, 0.25) is 0 Å². The predicted molar refractivity (Wildman–Crippen MR) is 212 cm³/mol. The van der Waals surface area contributed by atoms with Gasteiger partial charge < -0.3 is 4.98 Å². The fourth-order valence-corrected chi connectivity index (χ4v) is 6.66. The minimum absolute atomic E-state index is 0. The van der Waals surface area contributed by atoms with Crippen molar-refractivity contribution >= 4 is 10.8 Å². The Labute approximate surface area is 322 Å². The van der Waals surface area contributed by atoms with E-state index < -0.39 is 0 Å². The molecule has 0 fully saturated rings. The van der Waals surface area contributed by atoms with E-state index in [0.717, 1.165) is 72.1 Å². The molecule has 253 valence electrons. The number of fused-ring (bicyclic) bond motifs is 1. The van der Waals surface area contributed by atoms with Crippen LogP contribution >= 0.6 is 0 Å². The summed E-state index contributed by atoms with van der Waals surface area (Å²) < 4.78 is 0. The van der Waals surface area contributed by atoms with Gasteiger partial charge in [-0.15, -0.1) is 29.8 Å². The smallest absolute Gasteiger partial charge is 0.164 e. The molecule has 4 nitrogen and oxygen atoms in total. The van der Waals surface area contributed by atoms with Crippen LogP contribution in [0.1, 0.15) is 0 Å². The van der Waals surface area contributed by atoms with Gasteiger partial charge in [-0.2, -0.15) is 0 Å². The van der Waals surface area contributed by atoms with E-state index in [0.29, 0.717) is 17.5 Å². The minimum Gasteiger partial charge on any atom is -0.304 e. The Hall–Kier alpha value is -6.39. The summed E-state index contributed by atoms with van der Waals surface area (Å²) in [6.45, 7) is 0. The molecule has 0 atom stereocenters. The van der Waals surface area contributed by atoms with Gasteiger partial charge in [-0.1, -0.05) is 139 Å². The summed E-state index contributed by atoms with van der Waals surface area (Å²) >= 11 is 0. The molecule has 2 aromatic heterocycles. The van der Waals surface area contributed by atoms with Gasteiger partial charge in [-0.3, -0.25) is 0 Å². The molecule has 0 aliphatic carbocycles. The first-order valence-corrected chi connectivity index (χ1v) is 17.3. The number of hydrogen-bond acceptors (Lipinski definition) is 4. The van der Waals surface area contributed by atoms with E-state index in [1.165, 1.54) is 0 Å². The Morgan fingerprint density at radius 2 is 0.830 bits per heavy atom. The second kappa shape index (κ2) is 15.1. The average Bonchev–Trinajstić information content (AvgIpc) is 3.24. The molecule has 0 aliphatic rings. The molecule has 9 aromatic rings. The summed E-state index contributed by atoms with van der Waals surface area (Å²) in [6.07, 6.45) is 1.85. The van der Waals surface area contributed by atoms with Crippen molar-refractivity contribution in [3.8, 4) is 78.8 Å². The zero-order chi connectivity index (χ0) is 34.7. The molecule has 0 aliphatic heterocycles. The molecule has 0 saturated carbocycles. The van der Waals surface area contributed by atoms with Crippen molar-refractivity contribution in [2.24, 2.45) is 0 Å². The van der Waals surface area contributed by atoms with Crippen LogP contribution in [0.2, 0.25) is 0 Å². The molecule has 0 bridgehead atoms. The van der Waals surface area contributed by atoms with Crippen LogP contribution in [0.4, 0.5) is 0 Å². The second-order valence-electron chi connectivity index (χ2n) is 12.7. The molecule has 2 heterocycles. The predicted octanol–water partition coefficient (Wildman–Crippen LogP) is 11.9. The summed E-state index contributed by atoms with van der Waals surface area (Å²) in [5.74, 6) is 1.77. The fourth-order valence-electron chi connectivity index (χ4n) is 6.66. The van der Waals surface area contributed by atoms with Crippen LogP contribution in [0.3, 0.4) is 0 Å². The van der Waals surface area contributed by atoms with E-state index in [1.54, 1.807) is 0 Å². The Morgan fingerprint density at radius 1 is 0.358 bits per heavy atom. The maximum atomic E-state index is 5.19. The van der Waals surface area contributed by atoms with Crippen molar-refractivity contribution in [2.75, 3.05) is 0 Å². The van der Waals surface area contributed by atoms with Crippen LogP contribution in [0, 0.1) is 6.07 Å². The Morgan fingerprint density at radius 3 is 1.47 bits per heavy atom. The molecule has 5 heteroatoms. The van der Waals surface area contributed by atoms with Crippen LogP contribution in [0.5, 0.6) is 0 Å². The van der Waals surface area contributed by atoms with Crippen LogP contribution in [0.15, 0.2) is 188 Å². The summed E-state index contributed by atoms with van der Waals surface area (Å²) in [7, 11) is 0. The Bertz CT molecular complexity index is 2620. The summed E-state index contributed by atoms with van der Waals surface area (Å²) in [5.41, 5.74) is 11.1. The standard InChI is InChI=1S/C48H31N4.Ir/c1-4-14-33(15-5-1)37-21-12-23-39(28-37)46-50-47(40-24-13-22-38(29-40)45-44-25-11-10-20-36(44)26-27-49-45)52-48(51-46)43-31-41(34-16-6-2-7-17-34)30-42(32-43)35-18-8-3-9-19-35;/h1-21,23-32H;/q-1;. The number of aromatic nitrogens is 4. The first-order valence-electron chi connectivity index (χ1n) is 17.3. The van der Waals surface area contributed by atoms with E-state index >= 15 is 0 Å². The van der Waals surface area contributed by atoms with Crippen LogP contribution in [-0.2, 0) is 20.1 Å². The first-order chi connectivity index (χ1) is 25.7. The quantitative estimate of drug-likeness (QED) is 0.150. The zero-order valence-corrected chi connectivity index (χ0v) is 30.9. The Balaban J connectivity index is 0.00000400. The van der Waals surface area contributed by atoms with Crippen molar-refractivity contribution in [1.82, 2.24) is 19.9 Å². The van der Waals surface area contributed by atoms with Gasteiger partial charge in [-0.25, -0.2) is 15.0 Å². The Kier molecular flexibility index (Phi) is 9.59. The monoisotopic (exact) mass is 856 g/mol. The molecular formula is C48H31IrN4-. The number of benzene rings is 7. The van der Waals surface area contributed by atoms with E-state index in [-0.39, 0.29) is 20.1 Å². The SMILES string of the molecule is [Ir].[c-]1ccc(-c2nc(-c3cccc(-c4ccccc4)c3)nc(-c3cc(-c4ccccc4)cc(-c4ccccc4)c3)n2)cc1-c1nccc2ccccc12. The number of hydrogen-bond donors (Lipinski definition) is 0. The van der Waals surface area contributed by atoms with Gasteiger partial charge in [0.25, 0.3) is 0 Å². The third kappa shape index (κ3) is 7.09. The average molecular weight is 856 g/mol. The van der Waals surface area contributed by atoms with Crippen molar-refractivity contribution < 1.29 is 20.1 Å². The largest absolute Gasteiger partial charge is 0.304 e. The van der Waals surface area contributed by atoms with Crippen LogP contribution in [0.25, 0.3) is 89.6 Å². The molecular weight excluding hydrogens is 825 g/mol. The molecule has 53 heavy (non-hydrogen) atoms. The van der Waals surface area contributed by atoms with Gasteiger partial charge >= 0.3 is 0 Å². The van der Waals surface area contributed by atoms with Crippen molar-refractivity contribution in [3.63, 3.8) is 0 Å². The zero-order valence-electron chi connectivity index (χ0n) is 28.5. The molecule has 0 spiro atoms. The summed E-state index contributed by atoms with van der Waals surface area (Å²) in [6, 6.07) is 66.0. The van der Waals surface area contributed by atoms with E-state index in [1.807, 2.05) is 54.7 Å². The molecule has 0 N–H and O–H groups in total. The van der Waals surface area contributed by atoms with Crippen molar-refractivity contribution in [3.05, 3.63) is 194 Å². The fraction of sp³-hybridized carbons (Fsp3) is 0. The van der Waals surface area contributed by atoms with Gasteiger partial charge in [0.05, 0.1) is 0 Å². The first kappa shape index (κ1) is 33.7. The summed E-state index contributed by atoms with van der Waals surface area (Å²) in [4.78, 5) is 20.3. The second-order valence-corrected chi connectivity index (χ2v) is 12.7. The van der Waals surface area contributed by atoms with E-state index in [4.69, 9.17) is 19.9 Å². The van der Waals surface area contributed by atoms with Gasteiger partial charge in [0.1, 0.15) is 5.82 Å². The van der Waals surface area contributed by atoms with E-state index in [2.05, 4.69) is 140 Å². The molecule has 9 rings (SSSR count). The number of rotatable bonds is 7. The van der Waals surface area contributed by atoms with Gasteiger partial charge in [-0.05, 0) is 80.2 Å². The summed E-state index contributed by atoms with van der Waals surface area (Å²) in [5, 5.41) is 2.20. The molecule has 0 saturated heterocycles. The number of pyridine rings is 1. The van der Waals surface area contributed by atoms with Crippen LogP contribution in [-0.4, -0.2) is 19.9 Å². The molecule has 0 amide bonds. The molecule has 7 aromatic carbocycles. The van der Waals surface area contributed by atoms with Gasteiger partial charge in [0.15, 0.2) is 11.6 Å². The maximum absolute atomic E-state index is 5.19.